The van der Waals surface area contributed by atoms with E-state index in [9.17, 15) is 0 Å². The lowest BCUT2D eigenvalue weighted by atomic mass is 10.1. The molecular formula is C11H21N3. The minimum absolute atomic E-state index is 0.741. The van der Waals surface area contributed by atoms with Crippen molar-refractivity contribution in [1.29, 1.82) is 0 Å². The Labute approximate surface area is 86.5 Å². The Bertz CT molecular complexity index is 255. The topological polar surface area (TPSA) is 29.9 Å². The summed E-state index contributed by atoms with van der Waals surface area (Å²) in [6, 6.07) is 0. The van der Waals surface area contributed by atoms with Gasteiger partial charge in [-0.15, -0.1) is 0 Å². The molecular weight excluding hydrogens is 174 g/mol. The first-order chi connectivity index (χ1) is 6.77. The van der Waals surface area contributed by atoms with Crippen LogP contribution in [-0.4, -0.2) is 16.6 Å². The maximum Gasteiger partial charge on any atom is 0.122 e. The van der Waals surface area contributed by atoms with E-state index >= 15 is 0 Å². The molecule has 0 saturated carbocycles. The highest BCUT2D eigenvalue weighted by molar-refractivity contribution is 4.91. The molecule has 1 atom stereocenters. The fourth-order valence-electron chi connectivity index (χ4n) is 1.75. The van der Waals surface area contributed by atoms with E-state index in [1.807, 2.05) is 13.2 Å². The molecule has 1 rings (SSSR count). The van der Waals surface area contributed by atoms with Crippen LogP contribution in [0.4, 0.5) is 0 Å². The Morgan fingerprint density at radius 2 is 2.36 bits per heavy atom. The van der Waals surface area contributed by atoms with Crippen LogP contribution in [0, 0.1) is 5.92 Å². The van der Waals surface area contributed by atoms with Gasteiger partial charge in [-0.3, -0.25) is 0 Å². The summed E-state index contributed by atoms with van der Waals surface area (Å²) >= 11 is 0. The molecule has 0 saturated heterocycles. The van der Waals surface area contributed by atoms with Gasteiger partial charge in [0.25, 0.3) is 0 Å². The van der Waals surface area contributed by atoms with E-state index in [4.69, 9.17) is 0 Å². The third-order valence-electron chi connectivity index (χ3n) is 2.43. The van der Waals surface area contributed by atoms with E-state index in [1.165, 1.54) is 12.8 Å². The second-order valence-corrected chi connectivity index (χ2v) is 3.92. The molecule has 0 aliphatic heterocycles. The molecule has 0 spiro atoms. The van der Waals surface area contributed by atoms with Crippen molar-refractivity contribution in [2.75, 3.05) is 7.05 Å². The van der Waals surface area contributed by atoms with Crippen molar-refractivity contribution < 1.29 is 0 Å². The van der Waals surface area contributed by atoms with Gasteiger partial charge >= 0.3 is 0 Å². The summed E-state index contributed by atoms with van der Waals surface area (Å²) in [5.41, 5.74) is 0. The predicted octanol–water partition coefficient (Wildman–Crippen LogP) is 2.04. The fraction of sp³-hybridized carbons (Fsp3) is 0.727. The van der Waals surface area contributed by atoms with Crippen LogP contribution in [0.1, 0.15) is 32.5 Å². The van der Waals surface area contributed by atoms with Gasteiger partial charge in [0, 0.05) is 18.9 Å². The zero-order chi connectivity index (χ0) is 10.4. The summed E-state index contributed by atoms with van der Waals surface area (Å²) in [5, 5.41) is 3.13. The van der Waals surface area contributed by atoms with E-state index < -0.39 is 0 Å². The van der Waals surface area contributed by atoms with Crippen molar-refractivity contribution in [2.24, 2.45) is 5.92 Å². The molecule has 1 aromatic heterocycles. The minimum atomic E-state index is 0.741. The SMILES string of the molecule is CCCC(C)Cn1ccnc1CNC. The molecule has 14 heavy (non-hydrogen) atoms. The Morgan fingerprint density at radius 3 is 3.00 bits per heavy atom. The van der Waals surface area contributed by atoms with Gasteiger partial charge in [0.2, 0.25) is 0 Å². The van der Waals surface area contributed by atoms with Crippen molar-refractivity contribution in [2.45, 2.75) is 39.8 Å². The molecule has 0 fully saturated rings. The lowest BCUT2D eigenvalue weighted by Crippen LogP contribution is -2.15. The minimum Gasteiger partial charge on any atom is -0.334 e. The van der Waals surface area contributed by atoms with Crippen LogP contribution in [0.2, 0.25) is 0 Å². The maximum absolute atomic E-state index is 4.32. The third-order valence-corrected chi connectivity index (χ3v) is 2.43. The molecule has 80 valence electrons. The van der Waals surface area contributed by atoms with Crippen molar-refractivity contribution in [3.05, 3.63) is 18.2 Å². The van der Waals surface area contributed by atoms with Gasteiger partial charge in [0.05, 0.1) is 6.54 Å². The predicted molar refractivity (Wildman–Crippen MR) is 59.1 cm³/mol. The lowest BCUT2D eigenvalue weighted by Gasteiger charge is -2.13. The zero-order valence-electron chi connectivity index (χ0n) is 9.45. The van der Waals surface area contributed by atoms with Crippen LogP contribution in [0.5, 0.6) is 0 Å². The summed E-state index contributed by atoms with van der Waals surface area (Å²) < 4.78 is 2.25. The van der Waals surface area contributed by atoms with E-state index in [1.54, 1.807) is 0 Å². The lowest BCUT2D eigenvalue weighted by molar-refractivity contribution is 0.434. The first kappa shape index (κ1) is 11.2. The summed E-state index contributed by atoms with van der Waals surface area (Å²) in [6.45, 7) is 6.47. The van der Waals surface area contributed by atoms with Crippen LogP contribution in [-0.2, 0) is 13.1 Å². The highest BCUT2D eigenvalue weighted by Crippen LogP contribution is 2.09. The van der Waals surface area contributed by atoms with Gasteiger partial charge in [-0.25, -0.2) is 4.98 Å². The van der Waals surface area contributed by atoms with Crippen LogP contribution < -0.4 is 5.32 Å². The standard InChI is InChI=1S/C11H21N3/c1-4-5-10(2)9-14-7-6-13-11(14)8-12-3/h6-7,10,12H,4-5,8-9H2,1-3H3. The molecule has 0 bridgehead atoms. The first-order valence-corrected chi connectivity index (χ1v) is 5.42. The molecule has 1 unspecified atom stereocenters. The van der Waals surface area contributed by atoms with Crippen LogP contribution >= 0.6 is 0 Å². The van der Waals surface area contributed by atoms with Gasteiger partial charge in [-0.1, -0.05) is 20.3 Å². The second-order valence-electron chi connectivity index (χ2n) is 3.92. The average Bonchev–Trinajstić information content (AvgIpc) is 2.54. The van der Waals surface area contributed by atoms with Crippen molar-refractivity contribution in [3.8, 4) is 0 Å². The Morgan fingerprint density at radius 1 is 1.57 bits per heavy atom. The van der Waals surface area contributed by atoms with E-state index in [0.29, 0.717) is 0 Å². The maximum atomic E-state index is 4.32. The van der Waals surface area contributed by atoms with Crippen molar-refractivity contribution in [1.82, 2.24) is 14.9 Å². The number of nitrogens with zero attached hydrogens (tertiary/aromatic N) is 2. The van der Waals surface area contributed by atoms with Gasteiger partial charge in [0.1, 0.15) is 5.82 Å². The van der Waals surface area contributed by atoms with Gasteiger partial charge in [-0.05, 0) is 19.4 Å². The molecule has 3 nitrogen and oxygen atoms in total. The molecule has 0 amide bonds. The number of imidazole rings is 1. The number of hydrogen-bond acceptors (Lipinski definition) is 2. The quantitative estimate of drug-likeness (QED) is 0.752. The van der Waals surface area contributed by atoms with Gasteiger partial charge < -0.3 is 9.88 Å². The Kier molecular flexibility index (Phi) is 4.66. The average molecular weight is 195 g/mol. The largest absolute Gasteiger partial charge is 0.334 e. The number of hydrogen-bond donors (Lipinski definition) is 1. The van der Waals surface area contributed by atoms with Gasteiger partial charge in [-0.2, -0.15) is 0 Å². The third kappa shape index (κ3) is 3.14. The first-order valence-electron chi connectivity index (χ1n) is 5.42. The normalized spacial score (nSPS) is 13.1. The number of aromatic nitrogens is 2. The monoisotopic (exact) mass is 195 g/mol. The zero-order valence-corrected chi connectivity index (χ0v) is 9.45. The molecule has 3 heteroatoms. The molecule has 1 heterocycles. The molecule has 1 aromatic rings. The van der Waals surface area contributed by atoms with Crippen LogP contribution in [0.3, 0.4) is 0 Å². The van der Waals surface area contributed by atoms with Crippen LogP contribution in [0.15, 0.2) is 12.4 Å². The molecule has 1 N–H and O–H groups in total. The van der Waals surface area contributed by atoms with Gasteiger partial charge in [0.15, 0.2) is 0 Å². The number of rotatable bonds is 6. The Balaban J connectivity index is 2.52. The molecule has 0 aliphatic rings. The molecule has 0 radical (unpaired) electrons. The highest BCUT2D eigenvalue weighted by Gasteiger charge is 2.05. The van der Waals surface area contributed by atoms with Crippen molar-refractivity contribution >= 4 is 0 Å². The van der Waals surface area contributed by atoms with Crippen LogP contribution in [0.25, 0.3) is 0 Å². The second kappa shape index (κ2) is 5.81. The number of nitrogens with one attached hydrogen (secondary N) is 1. The van der Waals surface area contributed by atoms with E-state index in [-0.39, 0.29) is 0 Å². The summed E-state index contributed by atoms with van der Waals surface area (Å²) in [5.74, 6) is 1.88. The summed E-state index contributed by atoms with van der Waals surface area (Å²) in [4.78, 5) is 4.32. The summed E-state index contributed by atoms with van der Waals surface area (Å²) in [7, 11) is 1.95. The van der Waals surface area contributed by atoms with Crippen molar-refractivity contribution in [3.63, 3.8) is 0 Å². The Hall–Kier alpha value is -0.830. The van der Waals surface area contributed by atoms with E-state index in [0.717, 1.165) is 24.8 Å². The van der Waals surface area contributed by atoms with E-state index in [2.05, 4.69) is 34.9 Å². The summed E-state index contributed by atoms with van der Waals surface area (Å²) in [6.07, 6.45) is 6.50. The fourth-order valence-corrected chi connectivity index (χ4v) is 1.75. The smallest absolute Gasteiger partial charge is 0.122 e. The highest BCUT2D eigenvalue weighted by atomic mass is 15.1. The molecule has 0 aliphatic carbocycles. The molecule has 0 aromatic carbocycles.